The summed E-state index contributed by atoms with van der Waals surface area (Å²) in [5.41, 5.74) is 0.936. The quantitative estimate of drug-likeness (QED) is 0.746. The third-order valence-corrected chi connectivity index (χ3v) is 1.38. The van der Waals surface area contributed by atoms with Crippen molar-refractivity contribution in [2.45, 2.75) is 20.8 Å². The van der Waals surface area contributed by atoms with Crippen LogP contribution in [0.4, 0.5) is 0 Å². The second-order valence-electron chi connectivity index (χ2n) is 2.19. The summed E-state index contributed by atoms with van der Waals surface area (Å²) in [7, 11) is 0. The summed E-state index contributed by atoms with van der Waals surface area (Å²) < 4.78 is 0. The van der Waals surface area contributed by atoms with E-state index in [9.17, 15) is 0 Å². The summed E-state index contributed by atoms with van der Waals surface area (Å²) >= 11 is 0. The van der Waals surface area contributed by atoms with Gasteiger partial charge >= 0.3 is 0 Å². The summed E-state index contributed by atoms with van der Waals surface area (Å²) in [5, 5.41) is 6.51. The predicted molar refractivity (Wildman–Crippen MR) is 60.7 cm³/mol. The Hall–Kier alpha value is -1.64. The molecule has 0 aliphatic heterocycles. The van der Waals surface area contributed by atoms with Crippen molar-refractivity contribution in [2.24, 2.45) is 0 Å². The highest BCUT2D eigenvalue weighted by atomic mass is 15.2. The van der Waals surface area contributed by atoms with E-state index in [1.807, 2.05) is 39.0 Å². The third kappa shape index (κ3) is 3.85. The summed E-state index contributed by atoms with van der Waals surface area (Å²) in [5.74, 6) is 0.739. The van der Waals surface area contributed by atoms with E-state index >= 15 is 0 Å². The Morgan fingerprint density at radius 3 is 2.64 bits per heavy atom. The smallest absolute Gasteiger partial charge is 0.155 e. The zero-order valence-electron chi connectivity index (χ0n) is 8.99. The lowest BCUT2D eigenvalue weighted by Crippen LogP contribution is -1.82. The molecule has 0 amide bonds. The van der Waals surface area contributed by atoms with E-state index < -0.39 is 0 Å². The zero-order valence-corrected chi connectivity index (χ0v) is 8.99. The van der Waals surface area contributed by atoms with Gasteiger partial charge < -0.3 is 0 Å². The lowest BCUT2D eigenvalue weighted by Gasteiger charge is -1.91. The normalized spacial score (nSPS) is 10.9. The van der Waals surface area contributed by atoms with Crippen LogP contribution in [0.25, 0.3) is 5.57 Å². The number of allylic oxidation sites excluding steroid dienone is 5. The molecule has 3 nitrogen and oxygen atoms in total. The fourth-order valence-electron chi connectivity index (χ4n) is 0.788. The van der Waals surface area contributed by atoms with E-state index in [-0.39, 0.29) is 0 Å². The number of nitrogens with one attached hydrogen (secondary N) is 1. The van der Waals surface area contributed by atoms with Crippen molar-refractivity contribution in [3.8, 4) is 0 Å². The molecule has 0 atom stereocenters. The van der Waals surface area contributed by atoms with Crippen molar-refractivity contribution in [3.63, 3.8) is 0 Å². The summed E-state index contributed by atoms with van der Waals surface area (Å²) in [4.78, 5) is 4.00. The highest BCUT2D eigenvalue weighted by Crippen LogP contribution is 2.08. The van der Waals surface area contributed by atoms with Gasteiger partial charge in [-0.05, 0) is 6.92 Å². The van der Waals surface area contributed by atoms with Gasteiger partial charge in [0.1, 0.15) is 6.33 Å². The fraction of sp³-hybridized carbons (Fsp3) is 0.273. The first-order valence-electron chi connectivity index (χ1n) is 4.69. The number of hydrogen-bond donors (Lipinski definition) is 1. The lowest BCUT2D eigenvalue weighted by atomic mass is 10.2. The lowest BCUT2D eigenvalue weighted by molar-refractivity contribution is 1.07. The van der Waals surface area contributed by atoms with Gasteiger partial charge in [0.15, 0.2) is 5.82 Å². The molecule has 0 bridgehead atoms. The molecule has 3 heteroatoms. The molecule has 0 radical (unpaired) electrons. The SMILES string of the molecule is C=C/C(=C\C=C/C)c1ncn[nH]1.CC. The van der Waals surface area contributed by atoms with Crippen LogP contribution >= 0.6 is 0 Å². The van der Waals surface area contributed by atoms with Gasteiger partial charge in [-0.15, -0.1) is 0 Å². The molecule has 0 saturated heterocycles. The standard InChI is InChI=1S/C9H11N3.C2H6/c1-3-5-6-8(4-2)9-10-7-11-12-9;1-2/h3-7H,2H2,1H3,(H,10,11,12);1-2H3/b5-3-,8-6+;. The second kappa shape index (κ2) is 7.98. The van der Waals surface area contributed by atoms with Crippen LogP contribution < -0.4 is 0 Å². The van der Waals surface area contributed by atoms with Crippen LogP contribution in [0.15, 0.2) is 37.2 Å². The predicted octanol–water partition coefficient (Wildman–Crippen LogP) is 2.98. The molecule has 1 N–H and O–H groups in total. The van der Waals surface area contributed by atoms with Gasteiger partial charge in [-0.1, -0.05) is 44.7 Å². The summed E-state index contributed by atoms with van der Waals surface area (Å²) in [6.45, 7) is 9.64. The Kier molecular flexibility index (Phi) is 7.05. The molecule has 14 heavy (non-hydrogen) atoms. The van der Waals surface area contributed by atoms with Crippen LogP contribution in [0, 0.1) is 0 Å². The van der Waals surface area contributed by atoms with E-state index in [2.05, 4.69) is 21.8 Å². The molecule has 1 aromatic rings. The number of rotatable bonds is 3. The van der Waals surface area contributed by atoms with Gasteiger partial charge in [0.25, 0.3) is 0 Å². The van der Waals surface area contributed by atoms with Crippen molar-refractivity contribution in [3.05, 3.63) is 43.0 Å². The third-order valence-electron chi connectivity index (χ3n) is 1.38. The first-order chi connectivity index (χ1) is 6.88. The number of nitrogens with zero attached hydrogens (tertiary/aromatic N) is 2. The van der Waals surface area contributed by atoms with Gasteiger partial charge in [0.05, 0.1) is 0 Å². The molecule has 0 saturated carbocycles. The van der Waals surface area contributed by atoms with Crippen LogP contribution in [0.1, 0.15) is 26.6 Å². The minimum Gasteiger partial charge on any atom is -0.259 e. The van der Waals surface area contributed by atoms with Crippen molar-refractivity contribution < 1.29 is 0 Å². The maximum atomic E-state index is 4.00. The van der Waals surface area contributed by atoms with Crippen molar-refractivity contribution in [1.82, 2.24) is 15.2 Å². The molecule has 1 rings (SSSR count). The summed E-state index contributed by atoms with van der Waals surface area (Å²) in [6.07, 6.45) is 9.01. The molecule has 0 aliphatic carbocycles. The minimum absolute atomic E-state index is 0.739. The van der Waals surface area contributed by atoms with Gasteiger partial charge in [-0.25, -0.2) is 4.98 Å². The number of H-pyrrole nitrogens is 1. The van der Waals surface area contributed by atoms with E-state index in [0.717, 1.165) is 11.4 Å². The monoisotopic (exact) mass is 191 g/mol. The number of aromatic amines is 1. The zero-order chi connectivity index (χ0) is 10.8. The first kappa shape index (κ1) is 12.4. The Balaban J connectivity index is 0.000000791. The van der Waals surface area contributed by atoms with E-state index in [0.29, 0.717) is 0 Å². The molecular weight excluding hydrogens is 174 g/mol. The molecule has 0 spiro atoms. The van der Waals surface area contributed by atoms with Crippen LogP contribution in [-0.2, 0) is 0 Å². The van der Waals surface area contributed by atoms with Crippen LogP contribution in [0.3, 0.4) is 0 Å². The molecule has 0 aromatic carbocycles. The highest BCUT2D eigenvalue weighted by Gasteiger charge is 1.96. The molecule has 76 valence electrons. The molecular formula is C11H17N3. The van der Waals surface area contributed by atoms with E-state index in [1.165, 1.54) is 6.33 Å². The Morgan fingerprint density at radius 2 is 2.21 bits per heavy atom. The average molecular weight is 191 g/mol. The van der Waals surface area contributed by atoms with Crippen LogP contribution in [0.2, 0.25) is 0 Å². The van der Waals surface area contributed by atoms with E-state index in [1.54, 1.807) is 6.08 Å². The first-order valence-corrected chi connectivity index (χ1v) is 4.69. The molecule has 1 heterocycles. The Bertz CT molecular complexity index is 294. The fourth-order valence-corrected chi connectivity index (χ4v) is 0.788. The van der Waals surface area contributed by atoms with Crippen molar-refractivity contribution >= 4 is 5.57 Å². The largest absolute Gasteiger partial charge is 0.259 e. The van der Waals surface area contributed by atoms with Crippen molar-refractivity contribution in [1.29, 1.82) is 0 Å². The van der Waals surface area contributed by atoms with Gasteiger partial charge in [-0.2, -0.15) is 5.10 Å². The molecule has 0 aliphatic rings. The second-order valence-corrected chi connectivity index (χ2v) is 2.19. The minimum atomic E-state index is 0.739. The van der Waals surface area contributed by atoms with Gasteiger partial charge in [0, 0.05) is 5.57 Å². The van der Waals surface area contributed by atoms with Gasteiger partial charge in [0.2, 0.25) is 0 Å². The van der Waals surface area contributed by atoms with Crippen LogP contribution in [0.5, 0.6) is 0 Å². The molecule has 0 fully saturated rings. The Labute approximate surface area is 85.3 Å². The summed E-state index contributed by atoms with van der Waals surface area (Å²) in [6, 6.07) is 0. The van der Waals surface area contributed by atoms with E-state index in [4.69, 9.17) is 0 Å². The maximum absolute atomic E-state index is 4.00. The Morgan fingerprint density at radius 1 is 1.50 bits per heavy atom. The average Bonchev–Trinajstić information content (AvgIpc) is 2.76. The van der Waals surface area contributed by atoms with Crippen molar-refractivity contribution in [2.75, 3.05) is 0 Å². The maximum Gasteiger partial charge on any atom is 0.155 e. The molecule has 1 aromatic heterocycles. The highest BCUT2D eigenvalue weighted by molar-refractivity contribution is 5.69. The number of hydrogen-bond acceptors (Lipinski definition) is 2. The van der Waals surface area contributed by atoms with Crippen LogP contribution in [-0.4, -0.2) is 15.2 Å². The molecule has 0 unspecified atom stereocenters. The topological polar surface area (TPSA) is 41.6 Å². The van der Waals surface area contributed by atoms with Gasteiger partial charge in [-0.3, -0.25) is 5.10 Å². The number of aromatic nitrogens is 3.